The standard InChI is InChI=1S/C10H15N3O2/c1-3-13(7-5-10(14)15)9-4-6-11-8(2)12-9/h4,6H,3,5,7H2,1-2H3,(H,14,15). The zero-order valence-corrected chi connectivity index (χ0v) is 8.97. The number of hydrogen-bond donors (Lipinski definition) is 1. The lowest BCUT2D eigenvalue weighted by Gasteiger charge is -2.20. The highest BCUT2D eigenvalue weighted by molar-refractivity contribution is 5.67. The molecule has 1 aromatic rings. The van der Waals surface area contributed by atoms with E-state index in [4.69, 9.17) is 5.11 Å². The second-order valence-corrected chi connectivity index (χ2v) is 3.19. The number of carbonyl (C=O) groups is 1. The van der Waals surface area contributed by atoms with Crippen molar-refractivity contribution in [2.45, 2.75) is 20.3 Å². The first kappa shape index (κ1) is 11.4. The summed E-state index contributed by atoms with van der Waals surface area (Å²) in [5, 5.41) is 8.60. The molecule has 5 heteroatoms. The summed E-state index contributed by atoms with van der Waals surface area (Å²) < 4.78 is 0. The van der Waals surface area contributed by atoms with Crippen LogP contribution in [0.15, 0.2) is 12.3 Å². The number of anilines is 1. The highest BCUT2D eigenvalue weighted by Crippen LogP contribution is 2.09. The zero-order valence-electron chi connectivity index (χ0n) is 8.97. The molecule has 0 aliphatic carbocycles. The Morgan fingerprint density at radius 1 is 1.60 bits per heavy atom. The molecule has 0 aliphatic heterocycles. The number of carboxylic acids is 1. The Morgan fingerprint density at radius 3 is 2.87 bits per heavy atom. The van der Waals surface area contributed by atoms with Crippen molar-refractivity contribution in [3.8, 4) is 0 Å². The first-order valence-electron chi connectivity index (χ1n) is 4.90. The Bertz CT molecular complexity index is 341. The van der Waals surface area contributed by atoms with E-state index < -0.39 is 5.97 Å². The highest BCUT2D eigenvalue weighted by atomic mass is 16.4. The number of aliphatic carboxylic acids is 1. The molecule has 82 valence electrons. The summed E-state index contributed by atoms with van der Waals surface area (Å²) in [5.74, 6) is 0.687. The Labute approximate surface area is 88.8 Å². The van der Waals surface area contributed by atoms with E-state index in [-0.39, 0.29) is 6.42 Å². The second-order valence-electron chi connectivity index (χ2n) is 3.19. The van der Waals surface area contributed by atoms with Crippen LogP contribution >= 0.6 is 0 Å². The molecule has 0 fully saturated rings. The minimum Gasteiger partial charge on any atom is -0.481 e. The molecule has 15 heavy (non-hydrogen) atoms. The molecule has 1 N–H and O–H groups in total. The normalized spacial score (nSPS) is 10.0. The summed E-state index contributed by atoms with van der Waals surface area (Å²) in [6, 6.07) is 1.79. The lowest BCUT2D eigenvalue weighted by Crippen LogP contribution is -2.26. The fourth-order valence-corrected chi connectivity index (χ4v) is 1.29. The van der Waals surface area contributed by atoms with E-state index in [1.807, 2.05) is 18.7 Å². The van der Waals surface area contributed by atoms with Crippen LogP contribution in [0.5, 0.6) is 0 Å². The number of aryl methyl sites for hydroxylation is 1. The van der Waals surface area contributed by atoms with Gasteiger partial charge in [0.05, 0.1) is 6.42 Å². The average Bonchev–Trinajstić information content (AvgIpc) is 2.18. The first-order chi connectivity index (χ1) is 7.13. The quantitative estimate of drug-likeness (QED) is 0.786. The molecule has 0 saturated carbocycles. The lowest BCUT2D eigenvalue weighted by atomic mass is 10.3. The van der Waals surface area contributed by atoms with Crippen LogP contribution in [0.4, 0.5) is 5.82 Å². The third kappa shape index (κ3) is 3.53. The molecule has 0 amide bonds. The number of nitrogens with zero attached hydrogens (tertiary/aromatic N) is 3. The van der Waals surface area contributed by atoms with Gasteiger partial charge in [0.2, 0.25) is 0 Å². The summed E-state index contributed by atoms with van der Waals surface area (Å²) >= 11 is 0. The Morgan fingerprint density at radius 2 is 2.33 bits per heavy atom. The minimum absolute atomic E-state index is 0.122. The SMILES string of the molecule is CCN(CCC(=O)O)c1ccnc(C)n1. The van der Waals surface area contributed by atoms with Crippen LogP contribution in [-0.4, -0.2) is 34.1 Å². The number of aromatic nitrogens is 2. The molecule has 0 unspecified atom stereocenters. The monoisotopic (exact) mass is 209 g/mol. The van der Waals surface area contributed by atoms with Crippen molar-refractivity contribution in [2.75, 3.05) is 18.0 Å². The molecule has 5 nitrogen and oxygen atoms in total. The minimum atomic E-state index is -0.792. The molecule has 1 rings (SSSR count). The second kappa shape index (κ2) is 5.29. The predicted octanol–water partition coefficient (Wildman–Crippen LogP) is 1.09. The van der Waals surface area contributed by atoms with Gasteiger partial charge in [-0.15, -0.1) is 0 Å². The zero-order chi connectivity index (χ0) is 11.3. The van der Waals surface area contributed by atoms with Crippen molar-refractivity contribution in [2.24, 2.45) is 0 Å². The van der Waals surface area contributed by atoms with Gasteiger partial charge >= 0.3 is 5.97 Å². The molecule has 0 atom stereocenters. The topological polar surface area (TPSA) is 66.3 Å². The van der Waals surface area contributed by atoms with Crippen LogP contribution in [0.2, 0.25) is 0 Å². The van der Waals surface area contributed by atoms with Crippen molar-refractivity contribution in [3.63, 3.8) is 0 Å². The van der Waals surface area contributed by atoms with Crippen LogP contribution in [0, 0.1) is 6.92 Å². The van der Waals surface area contributed by atoms with E-state index in [1.54, 1.807) is 12.3 Å². The third-order valence-electron chi connectivity index (χ3n) is 2.06. The Balaban J connectivity index is 2.69. The number of hydrogen-bond acceptors (Lipinski definition) is 4. The van der Waals surface area contributed by atoms with Gasteiger partial charge in [-0.05, 0) is 19.9 Å². The summed E-state index contributed by atoms with van der Waals surface area (Å²) in [7, 11) is 0. The molecule has 0 saturated heterocycles. The number of rotatable bonds is 5. The maximum absolute atomic E-state index is 10.5. The van der Waals surface area contributed by atoms with Gasteiger partial charge in [0.15, 0.2) is 0 Å². The van der Waals surface area contributed by atoms with Crippen molar-refractivity contribution >= 4 is 11.8 Å². The van der Waals surface area contributed by atoms with E-state index in [9.17, 15) is 4.79 Å². The molecule has 1 aromatic heterocycles. The summed E-state index contributed by atoms with van der Waals surface area (Å²) in [5.41, 5.74) is 0. The van der Waals surface area contributed by atoms with E-state index >= 15 is 0 Å². The highest BCUT2D eigenvalue weighted by Gasteiger charge is 2.07. The van der Waals surface area contributed by atoms with Gasteiger partial charge in [0.25, 0.3) is 0 Å². The fraction of sp³-hybridized carbons (Fsp3) is 0.500. The van der Waals surface area contributed by atoms with Gasteiger partial charge in [-0.1, -0.05) is 0 Å². The van der Waals surface area contributed by atoms with E-state index in [0.717, 1.165) is 12.4 Å². The number of carboxylic acid groups (broad SMARTS) is 1. The van der Waals surface area contributed by atoms with Crippen molar-refractivity contribution < 1.29 is 9.90 Å². The fourth-order valence-electron chi connectivity index (χ4n) is 1.29. The van der Waals surface area contributed by atoms with E-state index in [2.05, 4.69) is 9.97 Å². The molecular weight excluding hydrogens is 194 g/mol. The van der Waals surface area contributed by atoms with Gasteiger partial charge in [-0.25, -0.2) is 9.97 Å². The van der Waals surface area contributed by atoms with Crippen LogP contribution in [-0.2, 0) is 4.79 Å². The van der Waals surface area contributed by atoms with Crippen LogP contribution in [0.3, 0.4) is 0 Å². The summed E-state index contributed by atoms with van der Waals surface area (Å²) in [6.45, 7) is 5.00. The van der Waals surface area contributed by atoms with E-state index in [1.165, 1.54) is 0 Å². The predicted molar refractivity (Wildman–Crippen MR) is 56.9 cm³/mol. The first-order valence-corrected chi connectivity index (χ1v) is 4.90. The molecule has 1 heterocycles. The Kier molecular flexibility index (Phi) is 4.03. The van der Waals surface area contributed by atoms with Crippen molar-refractivity contribution in [1.82, 2.24) is 9.97 Å². The van der Waals surface area contributed by atoms with Gasteiger partial charge in [-0.2, -0.15) is 0 Å². The average molecular weight is 209 g/mol. The van der Waals surface area contributed by atoms with Crippen molar-refractivity contribution in [3.05, 3.63) is 18.1 Å². The smallest absolute Gasteiger partial charge is 0.305 e. The molecule has 0 aromatic carbocycles. The third-order valence-corrected chi connectivity index (χ3v) is 2.06. The van der Waals surface area contributed by atoms with Gasteiger partial charge < -0.3 is 10.0 Å². The van der Waals surface area contributed by atoms with Crippen LogP contribution in [0.1, 0.15) is 19.2 Å². The lowest BCUT2D eigenvalue weighted by molar-refractivity contribution is -0.136. The molecule has 0 aliphatic rings. The van der Waals surface area contributed by atoms with Gasteiger partial charge in [0.1, 0.15) is 11.6 Å². The van der Waals surface area contributed by atoms with Gasteiger partial charge in [0, 0.05) is 19.3 Å². The van der Waals surface area contributed by atoms with Crippen LogP contribution in [0.25, 0.3) is 0 Å². The molecule has 0 bridgehead atoms. The molecule has 0 spiro atoms. The molecule has 0 radical (unpaired) electrons. The van der Waals surface area contributed by atoms with Crippen molar-refractivity contribution in [1.29, 1.82) is 0 Å². The summed E-state index contributed by atoms with van der Waals surface area (Å²) in [6.07, 6.45) is 1.80. The van der Waals surface area contributed by atoms with E-state index in [0.29, 0.717) is 12.4 Å². The maximum atomic E-state index is 10.5. The van der Waals surface area contributed by atoms with Gasteiger partial charge in [-0.3, -0.25) is 4.79 Å². The maximum Gasteiger partial charge on any atom is 0.305 e. The Hall–Kier alpha value is -1.65. The largest absolute Gasteiger partial charge is 0.481 e. The molecular formula is C10H15N3O2. The van der Waals surface area contributed by atoms with Crippen LogP contribution < -0.4 is 4.90 Å². The summed E-state index contributed by atoms with van der Waals surface area (Å²) in [4.78, 5) is 20.6.